The molecule has 200 valence electrons. The molecule has 0 bridgehead atoms. The zero-order valence-corrected chi connectivity index (χ0v) is 22.3. The number of nitrogens with zero attached hydrogens (tertiary/aromatic N) is 3. The molecule has 3 aromatic heterocycles. The van der Waals surface area contributed by atoms with Crippen LogP contribution in [-0.4, -0.2) is 32.3 Å². The number of H-pyrrole nitrogens is 2. The summed E-state index contributed by atoms with van der Waals surface area (Å²) in [5, 5.41) is 10.3. The molecule has 0 spiro atoms. The van der Waals surface area contributed by atoms with Crippen LogP contribution in [0.3, 0.4) is 0 Å². The Hall–Kier alpha value is -4.52. The van der Waals surface area contributed by atoms with Crippen LogP contribution in [0.2, 0.25) is 0 Å². The molecule has 1 aliphatic heterocycles. The van der Waals surface area contributed by atoms with Gasteiger partial charge in [0, 0.05) is 28.2 Å². The lowest BCUT2D eigenvalue weighted by Gasteiger charge is -2.23. The first kappa shape index (κ1) is 24.5. The lowest BCUT2D eigenvalue weighted by molar-refractivity contribution is 0.154. The van der Waals surface area contributed by atoms with Crippen molar-refractivity contribution in [3.05, 3.63) is 95.2 Å². The first-order valence-corrected chi connectivity index (χ1v) is 14.0. The predicted octanol–water partition coefficient (Wildman–Crippen LogP) is 6.36. The van der Waals surface area contributed by atoms with Gasteiger partial charge in [0.25, 0.3) is 0 Å². The van der Waals surface area contributed by atoms with Gasteiger partial charge in [-0.3, -0.25) is 15.1 Å². The van der Waals surface area contributed by atoms with Crippen molar-refractivity contribution in [2.75, 3.05) is 0 Å². The zero-order valence-electron chi connectivity index (χ0n) is 22.3. The van der Waals surface area contributed by atoms with E-state index in [0.717, 1.165) is 68.3 Å². The first-order chi connectivity index (χ1) is 19.6. The van der Waals surface area contributed by atoms with Crippen molar-refractivity contribution in [3.63, 3.8) is 0 Å². The summed E-state index contributed by atoms with van der Waals surface area (Å²) >= 11 is 0. The molecule has 2 aliphatic rings. The average Bonchev–Trinajstić information content (AvgIpc) is 3.54. The van der Waals surface area contributed by atoms with Crippen LogP contribution >= 0.6 is 0 Å². The van der Waals surface area contributed by atoms with E-state index in [-0.39, 0.29) is 18.0 Å². The molecule has 2 N–H and O–H groups in total. The molecule has 0 unspecified atom stereocenters. The van der Waals surface area contributed by atoms with Crippen LogP contribution in [0, 0.1) is 5.82 Å². The van der Waals surface area contributed by atoms with Gasteiger partial charge in [-0.05, 0) is 74.1 Å². The maximum atomic E-state index is 14.7. The lowest BCUT2D eigenvalue weighted by Crippen LogP contribution is -2.25. The van der Waals surface area contributed by atoms with E-state index in [9.17, 15) is 4.39 Å². The number of hydrogen-bond acceptors (Lipinski definition) is 4. The Balaban J connectivity index is 1.23. The molecule has 4 heterocycles. The number of benzene rings is 2. The Morgan fingerprint density at radius 2 is 1.77 bits per heavy atom. The van der Waals surface area contributed by atoms with Gasteiger partial charge in [-0.25, -0.2) is 4.39 Å². The van der Waals surface area contributed by atoms with Gasteiger partial charge in [-0.1, -0.05) is 42.8 Å². The molecule has 2 aromatic carbocycles. The number of nitrogens with one attached hydrogen (secondary N) is 2. The molecule has 0 radical (unpaired) electrons. The minimum atomic E-state index is -0.244. The number of aromatic nitrogens is 4. The SMILES string of the molecule is C[C@@H]1N=c2c(-c3cc4c(-c5ccccc5F)cccc4[nH]3)n[nH]c2=CC=C1c1cncc(OC2CCCCC2)c1. The van der Waals surface area contributed by atoms with Gasteiger partial charge in [-0.2, -0.15) is 5.10 Å². The summed E-state index contributed by atoms with van der Waals surface area (Å²) in [5.41, 5.74) is 5.95. The smallest absolute Gasteiger partial charge is 0.138 e. The fourth-order valence-corrected chi connectivity index (χ4v) is 5.91. The second-order valence-electron chi connectivity index (χ2n) is 10.6. The van der Waals surface area contributed by atoms with Crippen molar-refractivity contribution < 1.29 is 9.13 Å². The van der Waals surface area contributed by atoms with Crippen LogP contribution < -0.4 is 15.4 Å². The fraction of sp³-hybridized carbons (Fsp3) is 0.242. The van der Waals surface area contributed by atoms with E-state index in [4.69, 9.17) is 9.73 Å². The average molecular weight is 532 g/mol. The molecule has 6 nitrogen and oxygen atoms in total. The Morgan fingerprint density at radius 1 is 0.925 bits per heavy atom. The molecule has 1 aliphatic carbocycles. The van der Waals surface area contributed by atoms with Crippen LogP contribution in [0.15, 0.2) is 78.1 Å². The second-order valence-corrected chi connectivity index (χ2v) is 10.6. The van der Waals surface area contributed by atoms with E-state index in [1.54, 1.807) is 18.3 Å². The van der Waals surface area contributed by atoms with Gasteiger partial charge >= 0.3 is 0 Å². The first-order valence-electron chi connectivity index (χ1n) is 14.0. The van der Waals surface area contributed by atoms with Gasteiger partial charge in [0.2, 0.25) is 0 Å². The van der Waals surface area contributed by atoms with Crippen molar-refractivity contribution in [1.82, 2.24) is 20.2 Å². The Morgan fingerprint density at radius 3 is 2.65 bits per heavy atom. The zero-order chi connectivity index (χ0) is 27.1. The van der Waals surface area contributed by atoms with Crippen LogP contribution in [0.4, 0.5) is 4.39 Å². The third-order valence-electron chi connectivity index (χ3n) is 7.95. The number of rotatable bonds is 5. The number of fused-ring (bicyclic) bond motifs is 2. The van der Waals surface area contributed by atoms with E-state index in [1.165, 1.54) is 25.3 Å². The minimum absolute atomic E-state index is 0.126. The summed E-state index contributed by atoms with van der Waals surface area (Å²) in [4.78, 5) is 13.1. The van der Waals surface area contributed by atoms with Crippen molar-refractivity contribution in [3.8, 4) is 28.3 Å². The van der Waals surface area contributed by atoms with Gasteiger partial charge in [0.15, 0.2) is 0 Å². The fourth-order valence-electron chi connectivity index (χ4n) is 5.91. The normalized spacial score (nSPS) is 17.4. The van der Waals surface area contributed by atoms with Crippen LogP contribution in [0.5, 0.6) is 5.75 Å². The van der Waals surface area contributed by atoms with Crippen molar-refractivity contribution in [1.29, 1.82) is 0 Å². The summed E-state index contributed by atoms with van der Waals surface area (Å²) in [7, 11) is 0. The third-order valence-corrected chi connectivity index (χ3v) is 7.95. The Kier molecular flexibility index (Phi) is 6.27. The maximum absolute atomic E-state index is 14.7. The monoisotopic (exact) mass is 531 g/mol. The molecule has 1 fully saturated rings. The van der Waals surface area contributed by atoms with Crippen LogP contribution in [-0.2, 0) is 0 Å². The van der Waals surface area contributed by atoms with Gasteiger partial charge in [0.05, 0.1) is 29.4 Å². The molecule has 7 rings (SSSR count). The Labute approximate surface area is 231 Å². The van der Waals surface area contributed by atoms with Gasteiger partial charge in [-0.15, -0.1) is 0 Å². The van der Waals surface area contributed by atoms with Crippen molar-refractivity contribution in [2.24, 2.45) is 4.99 Å². The summed E-state index contributed by atoms with van der Waals surface area (Å²) in [6.45, 7) is 2.09. The number of aromatic amines is 2. The number of ether oxygens (including phenoxy) is 1. The number of allylic oxidation sites excluding steroid dienone is 1. The van der Waals surface area contributed by atoms with Gasteiger partial charge in [0.1, 0.15) is 22.6 Å². The molecule has 0 amide bonds. The number of hydrogen-bond donors (Lipinski definition) is 2. The number of halogens is 1. The highest BCUT2D eigenvalue weighted by molar-refractivity contribution is 5.98. The largest absolute Gasteiger partial charge is 0.489 e. The highest BCUT2D eigenvalue weighted by atomic mass is 19.1. The van der Waals surface area contributed by atoms with E-state index in [0.29, 0.717) is 5.56 Å². The summed E-state index contributed by atoms with van der Waals surface area (Å²) in [6, 6.07) is 16.7. The standard InChI is InChI=1S/C33H30FN5O/c1-20-24(21-16-23(19-35-18-21)40-22-8-3-2-4-9-22)14-15-30-32(36-20)33(39-38-30)31-17-27-25(11-7-13-29(27)37-31)26-10-5-6-12-28(26)34/h5-7,10-20,22,37-38H,2-4,8-9H2,1H3/t20-/m0/s1. The quantitative estimate of drug-likeness (QED) is 0.277. The summed E-state index contributed by atoms with van der Waals surface area (Å²) < 4.78 is 20.9. The van der Waals surface area contributed by atoms with Crippen LogP contribution in [0.25, 0.3) is 45.1 Å². The summed E-state index contributed by atoms with van der Waals surface area (Å²) in [6.07, 6.45) is 14.0. The molecule has 0 saturated heterocycles. The second kappa shape index (κ2) is 10.2. The van der Waals surface area contributed by atoms with E-state index in [1.807, 2.05) is 42.6 Å². The van der Waals surface area contributed by atoms with Crippen molar-refractivity contribution in [2.45, 2.75) is 51.2 Å². The van der Waals surface area contributed by atoms with E-state index >= 15 is 0 Å². The minimum Gasteiger partial charge on any atom is -0.489 e. The highest BCUT2D eigenvalue weighted by Gasteiger charge is 2.19. The van der Waals surface area contributed by atoms with E-state index in [2.05, 4.69) is 39.2 Å². The molecule has 1 atom stereocenters. The summed E-state index contributed by atoms with van der Waals surface area (Å²) in [5.74, 6) is 0.567. The maximum Gasteiger partial charge on any atom is 0.138 e. The molecule has 40 heavy (non-hydrogen) atoms. The third kappa shape index (κ3) is 4.51. The number of pyridine rings is 1. The molecular formula is C33H30FN5O. The lowest BCUT2D eigenvalue weighted by atomic mass is 9.97. The van der Waals surface area contributed by atoms with Gasteiger partial charge < -0.3 is 9.72 Å². The molecule has 7 heteroatoms. The molecule has 1 saturated carbocycles. The van der Waals surface area contributed by atoms with Crippen LogP contribution in [0.1, 0.15) is 44.6 Å². The molecular weight excluding hydrogens is 501 g/mol. The Bertz CT molecular complexity index is 1860. The highest BCUT2D eigenvalue weighted by Crippen LogP contribution is 2.33. The van der Waals surface area contributed by atoms with E-state index < -0.39 is 0 Å². The van der Waals surface area contributed by atoms with Crippen molar-refractivity contribution >= 4 is 22.6 Å². The predicted molar refractivity (Wildman–Crippen MR) is 156 cm³/mol. The topological polar surface area (TPSA) is 79.0 Å². The molecule has 5 aromatic rings.